The molecule has 2 aliphatic rings. The Morgan fingerprint density at radius 1 is 1.19 bits per heavy atom. The quantitative estimate of drug-likeness (QED) is 0.647. The second kappa shape index (κ2) is 9.38. The predicted octanol–water partition coefficient (Wildman–Crippen LogP) is 3.23. The van der Waals surface area contributed by atoms with Gasteiger partial charge in [0.05, 0.1) is 0 Å². The number of guanidine groups is 1. The molecule has 6 nitrogen and oxygen atoms in total. The predicted molar refractivity (Wildman–Crippen MR) is 106 cm³/mol. The first kappa shape index (κ1) is 19.2. The van der Waals surface area contributed by atoms with Gasteiger partial charge in [0.15, 0.2) is 11.8 Å². The van der Waals surface area contributed by atoms with E-state index >= 15 is 0 Å². The minimum Gasteiger partial charge on any atom is -0.357 e. The Labute approximate surface area is 158 Å². The van der Waals surface area contributed by atoms with Gasteiger partial charge < -0.3 is 14.8 Å². The second-order valence-electron chi connectivity index (χ2n) is 8.17. The highest BCUT2D eigenvalue weighted by Crippen LogP contribution is 2.28. The summed E-state index contributed by atoms with van der Waals surface area (Å²) in [6.07, 6.45) is 10.2. The Kier molecular flexibility index (Phi) is 6.92. The summed E-state index contributed by atoms with van der Waals surface area (Å²) in [5.74, 6) is 4.85. The highest BCUT2D eigenvalue weighted by molar-refractivity contribution is 5.79. The normalized spacial score (nSPS) is 24.0. The van der Waals surface area contributed by atoms with Gasteiger partial charge in [-0.1, -0.05) is 26.2 Å². The molecule has 0 amide bonds. The third-order valence-corrected chi connectivity index (χ3v) is 5.92. The van der Waals surface area contributed by atoms with E-state index in [1.54, 1.807) is 0 Å². The highest BCUT2D eigenvalue weighted by atomic mass is 15.3. The van der Waals surface area contributed by atoms with Gasteiger partial charge in [0.25, 0.3) is 0 Å². The lowest BCUT2D eigenvalue weighted by Crippen LogP contribution is -2.41. The lowest BCUT2D eigenvalue weighted by molar-refractivity contribution is 0.250. The summed E-state index contributed by atoms with van der Waals surface area (Å²) in [5, 5.41) is 12.3. The van der Waals surface area contributed by atoms with Gasteiger partial charge in [-0.3, -0.25) is 0 Å². The van der Waals surface area contributed by atoms with Crippen molar-refractivity contribution in [1.29, 1.82) is 0 Å². The molecule has 3 rings (SSSR count). The van der Waals surface area contributed by atoms with Gasteiger partial charge in [-0.25, -0.2) is 4.99 Å². The van der Waals surface area contributed by atoms with Crippen LogP contribution in [-0.2, 0) is 19.5 Å². The molecule has 26 heavy (non-hydrogen) atoms. The summed E-state index contributed by atoms with van der Waals surface area (Å²) in [6, 6.07) is 0. The monoisotopic (exact) mass is 360 g/mol. The third-order valence-electron chi connectivity index (χ3n) is 5.92. The maximum atomic E-state index is 4.88. The average Bonchev–Trinajstić information content (AvgIpc) is 2.87. The van der Waals surface area contributed by atoms with Crippen molar-refractivity contribution in [2.24, 2.45) is 16.8 Å². The summed E-state index contributed by atoms with van der Waals surface area (Å²) < 4.78 is 2.29. The molecule has 1 aromatic rings. The molecule has 0 radical (unpaired) electrons. The molecule has 0 atom stereocenters. The molecular weight excluding hydrogens is 324 g/mol. The molecule has 0 bridgehead atoms. The molecule has 6 heteroatoms. The van der Waals surface area contributed by atoms with Crippen LogP contribution in [0, 0.1) is 11.8 Å². The fraction of sp³-hybridized carbons (Fsp3) is 0.850. The van der Waals surface area contributed by atoms with E-state index in [1.165, 1.54) is 44.9 Å². The van der Waals surface area contributed by atoms with Gasteiger partial charge in [0.2, 0.25) is 0 Å². The van der Waals surface area contributed by atoms with E-state index in [2.05, 4.69) is 45.9 Å². The van der Waals surface area contributed by atoms with E-state index in [1.807, 2.05) is 0 Å². The molecule has 0 spiro atoms. The summed E-state index contributed by atoms with van der Waals surface area (Å²) in [4.78, 5) is 7.19. The second-order valence-corrected chi connectivity index (χ2v) is 8.17. The Morgan fingerprint density at radius 2 is 2.00 bits per heavy atom. The smallest absolute Gasteiger partial charge is 0.194 e. The number of nitrogens with one attached hydrogen (secondary N) is 1. The van der Waals surface area contributed by atoms with Crippen molar-refractivity contribution in [3.63, 3.8) is 0 Å². The molecule has 0 aromatic carbocycles. The van der Waals surface area contributed by atoms with Crippen molar-refractivity contribution < 1.29 is 0 Å². The standard InChI is InChI=1S/C20H36N6/c1-4-21-20(25(3)15-17-11-9-16(2)10-12-17)22-14-19-24-23-18-8-6-5-7-13-26(18)19/h16-17H,4-15H2,1-3H3,(H,21,22). The molecule has 1 aliphatic carbocycles. The van der Waals surface area contributed by atoms with Crippen LogP contribution in [0.4, 0.5) is 0 Å². The summed E-state index contributed by atoms with van der Waals surface area (Å²) >= 11 is 0. The first-order valence-corrected chi connectivity index (χ1v) is 10.6. The van der Waals surface area contributed by atoms with Gasteiger partial charge >= 0.3 is 0 Å². The van der Waals surface area contributed by atoms with Gasteiger partial charge in [0.1, 0.15) is 12.4 Å². The van der Waals surface area contributed by atoms with Crippen molar-refractivity contribution in [3.05, 3.63) is 11.6 Å². The Hall–Kier alpha value is -1.59. The topological polar surface area (TPSA) is 58.3 Å². The fourth-order valence-electron chi connectivity index (χ4n) is 4.26. The maximum absolute atomic E-state index is 4.88. The minimum atomic E-state index is 0.612. The van der Waals surface area contributed by atoms with Gasteiger partial charge in [-0.15, -0.1) is 10.2 Å². The van der Waals surface area contributed by atoms with Crippen LogP contribution in [0.3, 0.4) is 0 Å². The summed E-state index contributed by atoms with van der Waals surface area (Å²) in [5.41, 5.74) is 0. The van der Waals surface area contributed by atoms with Crippen molar-refractivity contribution in [2.45, 2.75) is 78.3 Å². The van der Waals surface area contributed by atoms with Crippen LogP contribution >= 0.6 is 0 Å². The first-order chi connectivity index (χ1) is 12.7. The van der Waals surface area contributed by atoms with Crippen LogP contribution in [0.15, 0.2) is 4.99 Å². The average molecular weight is 361 g/mol. The lowest BCUT2D eigenvalue weighted by Gasteiger charge is -2.31. The van der Waals surface area contributed by atoms with Crippen molar-refractivity contribution >= 4 is 5.96 Å². The number of aryl methyl sites for hydroxylation is 1. The van der Waals surface area contributed by atoms with E-state index in [-0.39, 0.29) is 0 Å². The van der Waals surface area contributed by atoms with E-state index in [9.17, 15) is 0 Å². The van der Waals surface area contributed by atoms with Crippen LogP contribution in [0.25, 0.3) is 0 Å². The molecule has 2 heterocycles. The Balaban J connectivity index is 1.62. The van der Waals surface area contributed by atoms with Gasteiger partial charge in [0, 0.05) is 33.1 Å². The van der Waals surface area contributed by atoms with Gasteiger partial charge in [-0.2, -0.15) is 0 Å². The molecule has 1 fully saturated rings. The molecule has 0 saturated heterocycles. The Morgan fingerprint density at radius 3 is 2.77 bits per heavy atom. The highest BCUT2D eigenvalue weighted by Gasteiger charge is 2.21. The van der Waals surface area contributed by atoms with Crippen molar-refractivity contribution in [2.75, 3.05) is 20.1 Å². The number of nitrogens with zero attached hydrogens (tertiary/aromatic N) is 5. The first-order valence-electron chi connectivity index (χ1n) is 10.6. The van der Waals surface area contributed by atoms with Crippen LogP contribution in [0.2, 0.25) is 0 Å². The summed E-state index contributed by atoms with van der Waals surface area (Å²) in [6.45, 7) is 8.15. The SMILES string of the molecule is CCNC(=NCc1nnc2n1CCCCC2)N(C)CC1CCC(C)CC1. The van der Waals surface area contributed by atoms with Crippen molar-refractivity contribution in [3.8, 4) is 0 Å². The van der Waals surface area contributed by atoms with Crippen LogP contribution in [0.5, 0.6) is 0 Å². The number of rotatable bonds is 5. The minimum absolute atomic E-state index is 0.612. The zero-order valence-corrected chi connectivity index (χ0v) is 16.9. The van der Waals surface area contributed by atoms with Gasteiger partial charge in [-0.05, 0) is 44.4 Å². The number of hydrogen-bond donors (Lipinski definition) is 1. The zero-order chi connectivity index (χ0) is 18.4. The van der Waals surface area contributed by atoms with E-state index in [0.717, 1.165) is 55.5 Å². The molecular formula is C20H36N6. The largest absolute Gasteiger partial charge is 0.357 e. The fourth-order valence-corrected chi connectivity index (χ4v) is 4.26. The molecule has 1 saturated carbocycles. The molecule has 0 unspecified atom stereocenters. The Bertz CT molecular complexity index is 585. The third kappa shape index (κ3) is 4.98. The lowest BCUT2D eigenvalue weighted by atomic mass is 9.83. The van der Waals surface area contributed by atoms with Crippen LogP contribution in [-0.4, -0.2) is 45.8 Å². The number of fused-ring (bicyclic) bond motifs is 1. The molecule has 146 valence electrons. The number of aromatic nitrogens is 3. The van der Waals surface area contributed by atoms with Crippen molar-refractivity contribution in [1.82, 2.24) is 25.0 Å². The number of aliphatic imine (C=N–C) groups is 1. The molecule has 1 aliphatic heterocycles. The van der Waals surface area contributed by atoms with E-state index in [4.69, 9.17) is 4.99 Å². The number of hydrogen-bond acceptors (Lipinski definition) is 3. The van der Waals surface area contributed by atoms with Crippen LogP contribution in [0.1, 0.15) is 70.4 Å². The maximum Gasteiger partial charge on any atom is 0.194 e. The van der Waals surface area contributed by atoms with E-state index < -0.39 is 0 Å². The van der Waals surface area contributed by atoms with E-state index in [0.29, 0.717) is 6.54 Å². The summed E-state index contributed by atoms with van der Waals surface area (Å²) in [7, 11) is 2.17. The zero-order valence-electron chi connectivity index (χ0n) is 16.9. The van der Waals surface area contributed by atoms with Crippen LogP contribution < -0.4 is 5.32 Å². The molecule has 1 N–H and O–H groups in total. The molecule has 1 aromatic heterocycles.